The number of nitrogens with one attached hydrogen (secondary N) is 1. The first kappa shape index (κ1) is 23.7. The van der Waals surface area contributed by atoms with E-state index in [1.807, 2.05) is 6.07 Å². The molecular weight excluding hydrogens is 633 g/mol. The van der Waals surface area contributed by atoms with Gasteiger partial charge in [0.25, 0.3) is 0 Å². The van der Waals surface area contributed by atoms with Gasteiger partial charge in [-0.05, 0) is 112 Å². The maximum absolute atomic E-state index is 15.6. The molecular formula is C25H25FI2N2O2. The molecule has 0 bridgehead atoms. The van der Waals surface area contributed by atoms with Crippen molar-refractivity contribution in [2.24, 2.45) is 5.92 Å². The van der Waals surface area contributed by atoms with Gasteiger partial charge >= 0.3 is 5.97 Å². The second-order valence-electron chi connectivity index (χ2n) is 8.82. The molecule has 1 aromatic heterocycles. The molecule has 2 aromatic carbocycles. The summed E-state index contributed by atoms with van der Waals surface area (Å²) < 4.78 is 17.6. The van der Waals surface area contributed by atoms with E-state index in [2.05, 4.69) is 94.0 Å². The fraction of sp³-hybridized carbons (Fsp3) is 0.320. The van der Waals surface area contributed by atoms with Crippen LogP contribution in [-0.4, -0.2) is 33.5 Å². The van der Waals surface area contributed by atoms with Gasteiger partial charge in [-0.25, -0.2) is 9.18 Å². The van der Waals surface area contributed by atoms with E-state index in [-0.39, 0.29) is 17.9 Å². The van der Waals surface area contributed by atoms with E-state index < -0.39 is 5.97 Å². The van der Waals surface area contributed by atoms with Crippen molar-refractivity contribution in [3.05, 3.63) is 71.7 Å². The number of carboxylic acid groups (broad SMARTS) is 1. The Labute approximate surface area is 214 Å². The second-order valence-corrected chi connectivity index (χ2v) is 11.2. The molecule has 168 valence electrons. The van der Waals surface area contributed by atoms with Gasteiger partial charge in [0.05, 0.1) is 6.04 Å². The molecule has 0 spiro atoms. The minimum atomic E-state index is -1.05. The molecule has 2 heterocycles. The van der Waals surface area contributed by atoms with Gasteiger partial charge in [0.2, 0.25) is 0 Å². The fourth-order valence-corrected chi connectivity index (χ4v) is 6.08. The summed E-state index contributed by atoms with van der Waals surface area (Å²) >= 11 is 4.52. The van der Waals surface area contributed by atoms with Crippen LogP contribution < -0.4 is 0 Å². The number of aromatic amines is 1. The lowest BCUT2D eigenvalue weighted by molar-refractivity contribution is -0.131. The molecule has 2 unspecified atom stereocenters. The van der Waals surface area contributed by atoms with Crippen molar-refractivity contribution in [1.29, 1.82) is 0 Å². The first-order valence-electron chi connectivity index (χ1n) is 10.6. The molecule has 0 amide bonds. The van der Waals surface area contributed by atoms with E-state index in [0.717, 1.165) is 33.8 Å². The number of nitrogens with zero attached hydrogens (tertiary/aromatic N) is 1. The number of aliphatic carboxylic acids is 1. The molecule has 4 nitrogen and oxygen atoms in total. The Kier molecular flexibility index (Phi) is 6.97. The summed E-state index contributed by atoms with van der Waals surface area (Å²) in [5.41, 5.74) is 4.60. The highest BCUT2D eigenvalue weighted by atomic mass is 127. The Morgan fingerprint density at radius 2 is 2.06 bits per heavy atom. The Morgan fingerprint density at radius 3 is 2.72 bits per heavy atom. The maximum atomic E-state index is 15.6. The molecule has 2 N–H and O–H groups in total. The van der Waals surface area contributed by atoms with Gasteiger partial charge in [-0.2, -0.15) is 0 Å². The number of carbonyl (C=O) groups is 1. The third kappa shape index (κ3) is 4.61. The van der Waals surface area contributed by atoms with Gasteiger partial charge in [-0.15, -0.1) is 0 Å². The number of aromatic nitrogens is 1. The molecule has 2 atom stereocenters. The smallest absolute Gasteiger partial charge is 0.328 e. The summed E-state index contributed by atoms with van der Waals surface area (Å²) in [6, 6.07) is 9.72. The Hall–Kier alpha value is -1.46. The fourth-order valence-electron chi connectivity index (χ4n) is 4.67. The predicted molar refractivity (Wildman–Crippen MR) is 143 cm³/mol. The molecule has 1 aliphatic heterocycles. The van der Waals surface area contributed by atoms with Crippen LogP contribution in [0.25, 0.3) is 17.0 Å². The number of benzene rings is 2. The highest BCUT2D eigenvalue weighted by Gasteiger charge is 2.38. The Bertz CT molecular complexity index is 1200. The summed E-state index contributed by atoms with van der Waals surface area (Å²) in [5.74, 6) is -0.926. The number of carboxylic acids is 1. The zero-order valence-corrected chi connectivity index (χ0v) is 22.4. The van der Waals surface area contributed by atoms with E-state index in [9.17, 15) is 4.79 Å². The van der Waals surface area contributed by atoms with Crippen LogP contribution in [0.4, 0.5) is 4.39 Å². The zero-order valence-electron chi connectivity index (χ0n) is 18.1. The Morgan fingerprint density at radius 1 is 1.31 bits per heavy atom. The van der Waals surface area contributed by atoms with E-state index in [1.54, 1.807) is 0 Å². The first-order chi connectivity index (χ1) is 15.2. The highest BCUT2D eigenvalue weighted by Crippen LogP contribution is 2.43. The lowest BCUT2D eigenvalue weighted by atomic mass is 9.87. The van der Waals surface area contributed by atoms with Crippen LogP contribution in [-0.2, 0) is 11.2 Å². The third-order valence-corrected chi connectivity index (χ3v) is 7.50. The molecule has 0 saturated carbocycles. The molecule has 0 radical (unpaired) electrons. The SMILES string of the molecule is CC(C)CN1C(C)Cc2c([nH]c3ccc(I)cc23)C1c1c(F)cc(/C=C/C(=O)O)cc1I. The van der Waals surface area contributed by atoms with Gasteiger partial charge in [0.1, 0.15) is 5.82 Å². The molecule has 3 aromatic rings. The van der Waals surface area contributed by atoms with Crippen molar-refractivity contribution in [3.63, 3.8) is 0 Å². The van der Waals surface area contributed by atoms with Crippen LogP contribution in [0.5, 0.6) is 0 Å². The van der Waals surface area contributed by atoms with Crippen molar-refractivity contribution < 1.29 is 14.3 Å². The predicted octanol–water partition coefficient (Wildman–Crippen LogP) is 6.61. The van der Waals surface area contributed by atoms with Crippen molar-refractivity contribution in [2.75, 3.05) is 6.54 Å². The number of halogens is 3. The average molecular weight is 658 g/mol. The molecule has 7 heteroatoms. The van der Waals surface area contributed by atoms with Crippen molar-refractivity contribution in [2.45, 2.75) is 39.3 Å². The van der Waals surface area contributed by atoms with Crippen molar-refractivity contribution in [3.8, 4) is 0 Å². The van der Waals surface area contributed by atoms with Crippen LogP contribution in [0.2, 0.25) is 0 Å². The summed E-state index contributed by atoms with van der Waals surface area (Å²) in [7, 11) is 0. The second kappa shape index (κ2) is 9.42. The summed E-state index contributed by atoms with van der Waals surface area (Å²) in [6.07, 6.45) is 3.38. The van der Waals surface area contributed by atoms with Crippen LogP contribution in [0.3, 0.4) is 0 Å². The van der Waals surface area contributed by atoms with E-state index in [4.69, 9.17) is 5.11 Å². The average Bonchev–Trinajstić information content (AvgIpc) is 3.05. The van der Waals surface area contributed by atoms with Gasteiger partial charge in [-0.3, -0.25) is 4.90 Å². The van der Waals surface area contributed by atoms with Crippen molar-refractivity contribution in [1.82, 2.24) is 9.88 Å². The van der Waals surface area contributed by atoms with E-state index in [1.165, 1.54) is 26.7 Å². The van der Waals surface area contributed by atoms with Crippen LogP contribution in [0.15, 0.2) is 36.4 Å². The molecule has 4 rings (SSSR count). The minimum Gasteiger partial charge on any atom is -0.478 e. The molecule has 32 heavy (non-hydrogen) atoms. The maximum Gasteiger partial charge on any atom is 0.328 e. The summed E-state index contributed by atoms with van der Waals surface area (Å²) in [5, 5.41) is 10.1. The normalized spacial score (nSPS) is 19.2. The van der Waals surface area contributed by atoms with E-state index >= 15 is 4.39 Å². The molecule has 0 saturated heterocycles. The molecule has 0 aliphatic carbocycles. The third-order valence-electron chi connectivity index (χ3n) is 5.94. The van der Waals surface area contributed by atoms with Crippen molar-refractivity contribution >= 4 is 68.1 Å². The number of rotatable bonds is 5. The minimum absolute atomic E-state index is 0.231. The lowest BCUT2D eigenvalue weighted by Gasteiger charge is -2.42. The number of hydrogen-bond donors (Lipinski definition) is 2. The summed E-state index contributed by atoms with van der Waals surface area (Å²) in [6.45, 7) is 7.45. The molecule has 1 aliphatic rings. The first-order valence-corrected chi connectivity index (χ1v) is 12.8. The van der Waals surface area contributed by atoms with Gasteiger partial charge in [-0.1, -0.05) is 13.8 Å². The highest BCUT2D eigenvalue weighted by molar-refractivity contribution is 14.1. The lowest BCUT2D eigenvalue weighted by Crippen LogP contribution is -2.45. The van der Waals surface area contributed by atoms with E-state index in [0.29, 0.717) is 17.0 Å². The monoisotopic (exact) mass is 658 g/mol. The van der Waals surface area contributed by atoms with Gasteiger partial charge in [0, 0.05) is 48.0 Å². The number of fused-ring (bicyclic) bond motifs is 3. The largest absolute Gasteiger partial charge is 0.478 e. The van der Waals surface area contributed by atoms with Crippen LogP contribution in [0.1, 0.15) is 49.2 Å². The van der Waals surface area contributed by atoms with Gasteiger partial charge < -0.3 is 10.1 Å². The molecule has 0 fully saturated rings. The van der Waals surface area contributed by atoms with Gasteiger partial charge in [0.15, 0.2) is 0 Å². The number of H-pyrrole nitrogens is 1. The standard InChI is InChI=1S/C25H25FI2N2O2/c1-13(2)12-30-14(3)8-18-17-11-16(27)5-6-21(17)29-24(18)25(30)23-19(26)9-15(10-20(23)28)4-7-22(31)32/h4-7,9-11,13-14,25,29H,8,12H2,1-3H3,(H,31,32)/b7-4+. The number of hydrogen-bond acceptors (Lipinski definition) is 2. The topological polar surface area (TPSA) is 56.3 Å². The zero-order chi connectivity index (χ0) is 23.2. The quantitative estimate of drug-likeness (QED) is 0.240. The summed E-state index contributed by atoms with van der Waals surface area (Å²) in [4.78, 5) is 16.9. The van der Waals surface area contributed by atoms with Crippen LogP contribution >= 0.6 is 45.2 Å². The van der Waals surface area contributed by atoms with Crippen LogP contribution in [0, 0.1) is 18.9 Å². The Balaban J connectivity index is 1.92.